The molecule has 4 aromatic rings. The fourth-order valence-corrected chi connectivity index (χ4v) is 4.74. The molecule has 2 unspecified atom stereocenters. The van der Waals surface area contributed by atoms with Gasteiger partial charge in [0.2, 0.25) is 5.91 Å². The molecule has 10 heteroatoms. The van der Waals surface area contributed by atoms with Crippen molar-refractivity contribution in [3.63, 3.8) is 0 Å². The molecule has 0 saturated heterocycles. The number of carbonyl (C=O) groups is 3. The highest BCUT2D eigenvalue weighted by atomic mass is 19.1. The van der Waals surface area contributed by atoms with E-state index in [0.717, 1.165) is 16.8 Å². The molecule has 42 heavy (non-hydrogen) atoms. The molecule has 0 radical (unpaired) electrons. The minimum atomic E-state index is -0.478. The number of amides is 3. The number of H-pyrrole nitrogens is 1. The molecule has 1 aliphatic rings. The van der Waals surface area contributed by atoms with Gasteiger partial charge in [0, 0.05) is 28.2 Å². The molecule has 9 nitrogen and oxygen atoms in total. The van der Waals surface area contributed by atoms with E-state index in [4.69, 9.17) is 4.42 Å². The van der Waals surface area contributed by atoms with E-state index in [1.165, 1.54) is 25.4 Å². The van der Waals surface area contributed by atoms with E-state index in [-0.39, 0.29) is 29.6 Å². The number of carbonyl (C=O) groups excluding carboxylic acids is 3. The van der Waals surface area contributed by atoms with E-state index < -0.39 is 5.92 Å². The third-order valence-electron chi connectivity index (χ3n) is 7.16. The molecule has 0 bridgehead atoms. The first-order chi connectivity index (χ1) is 20.1. The van der Waals surface area contributed by atoms with Crippen LogP contribution in [0.2, 0.25) is 0 Å². The van der Waals surface area contributed by atoms with Crippen molar-refractivity contribution < 1.29 is 23.2 Å². The van der Waals surface area contributed by atoms with Crippen molar-refractivity contribution >= 4 is 40.7 Å². The highest BCUT2D eigenvalue weighted by Gasteiger charge is 2.27. The number of benzene rings is 2. The lowest BCUT2D eigenvalue weighted by molar-refractivity contribution is -0.117. The van der Waals surface area contributed by atoms with Crippen molar-refractivity contribution in [2.75, 3.05) is 17.7 Å². The number of aromatic amines is 1. The Balaban J connectivity index is 0.00000198. The van der Waals surface area contributed by atoms with E-state index >= 15 is 0 Å². The van der Waals surface area contributed by atoms with Crippen LogP contribution in [-0.2, 0) is 9.59 Å². The van der Waals surface area contributed by atoms with Crippen LogP contribution in [0, 0.1) is 19.7 Å². The third-order valence-corrected chi connectivity index (χ3v) is 7.16. The number of nitrogens with one attached hydrogen (secondary N) is 4. The van der Waals surface area contributed by atoms with Gasteiger partial charge in [-0.25, -0.2) is 4.39 Å². The van der Waals surface area contributed by atoms with Crippen molar-refractivity contribution in [1.82, 2.24) is 10.3 Å². The summed E-state index contributed by atoms with van der Waals surface area (Å²) in [7, 11) is 1.50. The zero-order valence-electron chi connectivity index (χ0n) is 24.1. The zero-order chi connectivity index (χ0) is 30.6. The quantitative estimate of drug-likeness (QED) is 0.182. The van der Waals surface area contributed by atoms with Gasteiger partial charge in [0.15, 0.2) is 0 Å². The fraction of sp³-hybridized carbons (Fsp3) is 0.219. The summed E-state index contributed by atoms with van der Waals surface area (Å²) in [5, 5.41) is 8.72. The normalized spacial score (nSPS) is 14.4. The van der Waals surface area contributed by atoms with Crippen molar-refractivity contribution in [2.45, 2.75) is 39.7 Å². The fourth-order valence-electron chi connectivity index (χ4n) is 4.74. The van der Waals surface area contributed by atoms with Crippen molar-refractivity contribution in [3.8, 4) is 0 Å². The Morgan fingerprint density at radius 1 is 1.05 bits per heavy atom. The molecule has 2 atom stereocenters. The molecular formula is C32H34FN5O4. The van der Waals surface area contributed by atoms with Gasteiger partial charge in [0.05, 0.1) is 29.5 Å². The molecule has 0 saturated carbocycles. The van der Waals surface area contributed by atoms with Gasteiger partial charge >= 0.3 is 0 Å². The molecular weight excluding hydrogens is 537 g/mol. The molecule has 3 heterocycles. The van der Waals surface area contributed by atoms with Crippen LogP contribution in [0.25, 0.3) is 11.6 Å². The number of anilines is 2. The van der Waals surface area contributed by atoms with E-state index in [2.05, 4.69) is 26.7 Å². The topological polar surface area (TPSA) is 142 Å². The molecule has 6 N–H and O–H groups in total. The molecule has 1 aliphatic heterocycles. The summed E-state index contributed by atoms with van der Waals surface area (Å²) in [6.45, 7) is 7.28. The number of hydrogen-bond donors (Lipinski definition) is 5. The van der Waals surface area contributed by atoms with Crippen LogP contribution in [0.3, 0.4) is 0 Å². The van der Waals surface area contributed by atoms with Gasteiger partial charge in [-0.05, 0) is 94.4 Å². The second-order valence-electron chi connectivity index (χ2n) is 9.91. The van der Waals surface area contributed by atoms with Gasteiger partial charge in [-0.15, -0.1) is 0 Å². The Kier molecular flexibility index (Phi) is 9.07. The second-order valence-corrected chi connectivity index (χ2v) is 9.91. The number of halogens is 1. The number of fused-ring (bicyclic) bond motifs is 1. The van der Waals surface area contributed by atoms with Crippen LogP contribution in [0.1, 0.15) is 70.0 Å². The lowest BCUT2D eigenvalue weighted by Crippen LogP contribution is -2.26. The average Bonchev–Trinajstić information content (AvgIpc) is 3.69. The Bertz CT molecular complexity index is 1640. The molecule has 2 aromatic heterocycles. The monoisotopic (exact) mass is 571 g/mol. The standard InChI is InChI=1S/C31H29FN4O4.CH5N/c1-16-26(33-19(4)28(16)36-29(37)17(2)27-6-5-13-40-27)15-24-23-14-21(9-12-25(23)35-31(24)39)30(38)34-18(3)20-7-10-22(32)11-8-20;1-2/h5-15,17-18,33H,1-4H3,(H,34,38)(H,35,39)(H,36,37);2H2,1H3/b24-15-;. The molecule has 2 aromatic carbocycles. The van der Waals surface area contributed by atoms with E-state index in [1.807, 2.05) is 20.8 Å². The maximum Gasteiger partial charge on any atom is 0.256 e. The number of hydrogen-bond acceptors (Lipinski definition) is 5. The van der Waals surface area contributed by atoms with Crippen LogP contribution in [0.5, 0.6) is 0 Å². The molecule has 5 rings (SSSR count). The summed E-state index contributed by atoms with van der Waals surface area (Å²) in [6, 6.07) is 14.1. The summed E-state index contributed by atoms with van der Waals surface area (Å²) in [4.78, 5) is 42.0. The van der Waals surface area contributed by atoms with Crippen molar-refractivity contribution in [2.24, 2.45) is 5.73 Å². The van der Waals surface area contributed by atoms with Gasteiger partial charge in [0.1, 0.15) is 11.6 Å². The number of aryl methyl sites for hydroxylation is 1. The summed E-state index contributed by atoms with van der Waals surface area (Å²) in [6.07, 6.45) is 3.25. The minimum absolute atomic E-state index is 0.214. The van der Waals surface area contributed by atoms with Crippen LogP contribution < -0.4 is 21.7 Å². The van der Waals surface area contributed by atoms with Crippen LogP contribution in [0.15, 0.2) is 65.3 Å². The predicted octanol–water partition coefficient (Wildman–Crippen LogP) is 5.66. The van der Waals surface area contributed by atoms with E-state index in [9.17, 15) is 18.8 Å². The van der Waals surface area contributed by atoms with E-state index in [1.54, 1.807) is 55.5 Å². The Morgan fingerprint density at radius 3 is 2.43 bits per heavy atom. The molecule has 3 amide bonds. The summed E-state index contributed by atoms with van der Waals surface area (Å²) in [5.74, 6) is -1.08. The summed E-state index contributed by atoms with van der Waals surface area (Å²) >= 11 is 0. The smallest absolute Gasteiger partial charge is 0.256 e. The molecule has 218 valence electrons. The lowest BCUT2D eigenvalue weighted by Gasteiger charge is -2.15. The average molecular weight is 572 g/mol. The van der Waals surface area contributed by atoms with Crippen LogP contribution in [-0.4, -0.2) is 29.8 Å². The second kappa shape index (κ2) is 12.7. The molecule has 0 fully saturated rings. The maximum atomic E-state index is 13.3. The van der Waals surface area contributed by atoms with Crippen molar-refractivity contribution in [3.05, 3.63) is 106 Å². The van der Waals surface area contributed by atoms with Gasteiger partial charge in [-0.1, -0.05) is 12.1 Å². The largest absolute Gasteiger partial charge is 0.469 e. The molecule has 0 aliphatic carbocycles. The first kappa shape index (κ1) is 30.0. The third kappa shape index (κ3) is 6.18. The van der Waals surface area contributed by atoms with E-state index in [0.29, 0.717) is 39.5 Å². The Hall–Kier alpha value is -4.96. The number of nitrogens with two attached hydrogens (primary N) is 1. The molecule has 0 spiro atoms. The number of aromatic nitrogens is 1. The first-order valence-electron chi connectivity index (χ1n) is 13.5. The summed E-state index contributed by atoms with van der Waals surface area (Å²) < 4.78 is 18.6. The predicted molar refractivity (Wildman–Crippen MR) is 161 cm³/mol. The Morgan fingerprint density at radius 2 is 1.76 bits per heavy atom. The SMILES string of the molecule is CN.Cc1[nH]c(/C=C2\C(=O)Nc3ccc(C(=O)NC(C)c4ccc(F)cc4)cc32)c(C)c1NC(=O)C(C)c1ccco1. The zero-order valence-corrected chi connectivity index (χ0v) is 24.1. The Labute approximate surface area is 243 Å². The number of rotatable bonds is 7. The highest BCUT2D eigenvalue weighted by Crippen LogP contribution is 2.36. The highest BCUT2D eigenvalue weighted by molar-refractivity contribution is 6.35. The minimum Gasteiger partial charge on any atom is -0.469 e. The van der Waals surface area contributed by atoms with Gasteiger partial charge < -0.3 is 31.1 Å². The number of furan rings is 1. The first-order valence-corrected chi connectivity index (χ1v) is 13.5. The van der Waals surface area contributed by atoms with Gasteiger partial charge in [-0.3, -0.25) is 14.4 Å². The lowest BCUT2D eigenvalue weighted by atomic mass is 10.0. The van der Waals surface area contributed by atoms with Crippen LogP contribution >= 0.6 is 0 Å². The summed E-state index contributed by atoms with van der Waals surface area (Å²) in [5.41, 5.74) is 10.0. The van der Waals surface area contributed by atoms with Gasteiger partial charge in [-0.2, -0.15) is 0 Å². The van der Waals surface area contributed by atoms with Gasteiger partial charge in [0.25, 0.3) is 11.8 Å². The maximum absolute atomic E-state index is 13.3. The van der Waals surface area contributed by atoms with Crippen molar-refractivity contribution in [1.29, 1.82) is 0 Å². The van der Waals surface area contributed by atoms with Crippen LogP contribution in [0.4, 0.5) is 15.8 Å².